The summed E-state index contributed by atoms with van der Waals surface area (Å²) in [7, 11) is 1.41. The molecule has 4 nitrogen and oxygen atoms in total. The Kier molecular flexibility index (Phi) is 4.80. The van der Waals surface area contributed by atoms with Crippen molar-refractivity contribution >= 4 is 44.5 Å². The maximum atomic E-state index is 11.8. The Labute approximate surface area is 165 Å². The third-order valence-corrected chi connectivity index (χ3v) is 6.19. The van der Waals surface area contributed by atoms with Gasteiger partial charge in [0.25, 0.3) is 0 Å². The Bertz CT molecular complexity index is 1150. The maximum absolute atomic E-state index is 11.8. The van der Waals surface area contributed by atoms with Gasteiger partial charge in [0, 0.05) is 28.6 Å². The van der Waals surface area contributed by atoms with E-state index in [1.165, 1.54) is 18.4 Å². The first-order chi connectivity index (χ1) is 13.2. The summed E-state index contributed by atoms with van der Waals surface area (Å²) < 4.78 is 7.02. The molecule has 27 heavy (non-hydrogen) atoms. The van der Waals surface area contributed by atoms with E-state index in [0.717, 1.165) is 32.6 Å². The predicted octanol–water partition coefficient (Wildman–Crippen LogP) is 6.21. The molecule has 0 bridgehead atoms. The van der Waals surface area contributed by atoms with E-state index in [-0.39, 0.29) is 5.97 Å². The molecule has 0 aliphatic carbocycles. The van der Waals surface area contributed by atoms with Crippen LogP contribution in [0.3, 0.4) is 0 Å². The number of hydrogen-bond donors (Lipinski definition) is 0. The van der Waals surface area contributed by atoms with Gasteiger partial charge in [-0.25, -0.2) is 4.85 Å². The van der Waals surface area contributed by atoms with E-state index in [1.54, 1.807) is 11.3 Å². The second-order valence-electron chi connectivity index (χ2n) is 5.95. The van der Waals surface area contributed by atoms with Crippen molar-refractivity contribution in [2.45, 2.75) is 13.0 Å². The van der Waals surface area contributed by atoms with Gasteiger partial charge in [-0.15, -0.1) is 11.3 Å². The van der Waals surface area contributed by atoms with E-state index in [9.17, 15) is 4.79 Å². The zero-order valence-electron chi connectivity index (χ0n) is 14.6. The van der Waals surface area contributed by atoms with Crippen molar-refractivity contribution in [3.63, 3.8) is 0 Å². The van der Waals surface area contributed by atoms with Crippen molar-refractivity contribution in [3.05, 3.63) is 64.6 Å². The number of rotatable bonds is 5. The number of ether oxygens (including phenoxy) is 1. The molecule has 0 atom stereocenters. The van der Waals surface area contributed by atoms with Crippen molar-refractivity contribution in [2.24, 2.45) is 0 Å². The molecule has 0 radical (unpaired) electrons. The van der Waals surface area contributed by atoms with Gasteiger partial charge in [-0.2, -0.15) is 11.3 Å². The van der Waals surface area contributed by atoms with Gasteiger partial charge < -0.3 is 9.30 Å². The van der Waals surface area contributed by atoms with Gasteiger partial charge in [-0.05, 0) is 22.9 Å². The monoisotopic (exact) mass is 392 g/mol. The molecule has 3 heterocycles. The lowest BCUT2D eigenvalue weighted by molar-refractivity contribution is -0.140. The van der Waals surface area contributed by atoms with Crippen LogP contribution in [0.4, 0.5) is 5.00 Å². The number of carbonyl (C=O) groups is 1. The van der Waals surface area contributed by atoms with E-state index in [2.05, 4.69) is 27.6 Å². The minimum atomic E-state index is -0.233. The third-order valence-electron chi connectivity index (χ3n) is 4.51. The smallest absolute Gasteiger partial charge is 0.307 e. The Balaban J connectivity index is 2.03. The number of esters is 1. The van der Waals surface area contributed by atoms with Crippen molar-refractivity contribution < 1.29 is 9.53 Å². The largest absolute Gasteiger partial charge is 0.469 e. The zero-order chi connectivity index (χ0) is 18.8. The summed E-state index contributed by atoms with van der Waals surface area (Å²) in [5.41, 5.74) is 4.12. The maximum Gasteiger partial charge on any atom is 0.307 e. The lowest BCUT2D eigenvalue weighted by atomic mass is 10.0. The molecule has 0 unspecified atom stereocenters. The van der Waals surface area contributed by atoms with Crippen LogP contribution < -0.4 is 0 Å². The Morgan fingerprint density at radius 3 is 2.74 bits per heavy atom. The lowest BCUT2D eigenvalue weighted by Gasteiger charge is -2.11. The molecule has 1 aromatic carbocycles. The van der Waals surface area contributed by atoms with Crippen molar-refractivity contribution in [2.75, 3.05) is 7.11 Å². The summed E-state index contributed by atoms with van der Waals surface area (Å²) >= 11 is 3.12. The SMILES string of the molecule is [C-]#[N+]c1sccc1-c1c(-c2cccs2)n(CCC(=O)OC)c2ccccc12. The van der Waals surface area contributed by atoms with Gasteiger partial charge in [0.1, 0.15) is 0 Å². The van der Waals surface area contributed by atoms with Gasteiger partial charge in [-0.1, -0.05) is 30.3 Å². The molecule has 134 valence electrons. The van der Waals surface area contributed by atoms with Crippen LogP contribution in [0.2, 0.25) is 0 Å². The Morgan fingerprint density at radius 1 is 1.15 bits per heavy atom. The fourth-order valence-electron chi connectivity index (χ4n) is 3.36. The first kappa shape index (κ1) is 17.5. The number of hydrogen-bond acceptors (Lipinski definition) is 4. The Morgan fingerprint density at radius 2 is 2.00 bits per heavy atom. The molecule has 0 saturated heterocycles. The second kappa shape index (κ2) is 7.39. The minimum absolute atomic E-state index is 0.233. The zero-order valence-corrected chi connectivity index (χ0v) is 16.3. The predicted molar refractivity (Wildman–Crippen MR) is 111 cm³/mol. The minimum Gasteiger partial charge on any atom is -0.469 e. The molecule has 0 aliphatic heterocycles. The number of carbonyl (C=O) groups excluding carboxylic acids is 1. The van der Waals surface area contributed by atoms with Gasteiger partial charge in [0.15, 0.2) is 0 Å². The average Bonchev–Trinajstić information content (AvgIpc) is 3.43. The summed E-state index contributed by atoms with van der Waals surface area (Å²) in [6.45, 7) is 8.07. The molecule has 0 amide bonds. The molecule has 0 spiro atoms. The van der Waals surface area contributed by atoms with Crippen molar-refractivity contribution in [3.8, 4) is 21.7 Å². The molecule has 4 aromatic rings. The number of para-hydroxylation sites is 1. The van der Waals surface area contributed by atoms with Crippen molar-refractivity contribution in [1.82, 2.24) is 4.57 Å². The molecule has 4 rings (SSSR count). The number of aryl methyl sites for hydroxylation is 1. The molecular formula is C21H16N2O2S2. The number of nitrogens with zero attached hydrogens (tertiary/aromatic N) is 2. The number of benzene rings is 1. The molecule has 0 saturated carbocycles. The van der Waals surface area contributed by atoms with Crippen LogP contribution in [-0.2, 0) is 16.1 Å². The summed E-state index contributed by atoms with van der Waals surface area (Å²) in [4.78, 5) is 16.6. The first-order valence-corrected chi connectivity index (χ1v) is 10.2. The van der Waals surface area contributed by atoms with Gasteiger partial charge >= 0.3 is 5.97 Å². The van der Waals surface area contributed by atoms with Crippen LogP contribution >= 0.6 is 22.7 Å². The van der Waals surface area contributed by atoms with Crippen LogP contribution in [0.25, 0.3) is 37.4 Å². The quantitative estimate of drug-likeness (QED) is 0.299. The van der Waals surface area contributed by atoms with E-state index in [4.69, 9.17) is 11.3 Å². The Hall–Kier alpha value is -2.88. The standard InChI is InChI=1S/C21H16N2O2S2/c1-22-21-15(10-13-27-21)19-14-6-3-4-7-16(14)23(11-9-18(24)25-2)20(19)17-8-5-12-26-17/h3-8,10,12-13H,9,11H2,2H3. The van der Waals surface area contributed by atoms with Crippen molar-refractivity contribution in [1.29, 1.82) is 0 Å². The van der Waals surface area contributed by atoms with Crippen LogP contribution in [0.1, 0.15) is 6.42 Å². The van der Waals surface area contributed by atoms with Crippen LogP contribution in [-0.4, -0.2) is 17.6 Å². The van der Waals surface area contributed by atoms with E-state index in [1.807, 2.05) is 35.0 Å². The molecule has 6 heteroatoms. The fraction of sp³-hybridized carbons (Fsp3) is 0.143. The van der Waals surface area contributed by atoms with Crippen LogP contribution in [0.5, 0.6) is 0 Å². The summed E-state index contributed by atoms with van der Waals surface area (Å²) in [6, 6.07) is 14.3. The van der Waals surface area contributed by atoms with Gasteiger partial charge in [0.2, 0.25) is 5.00 Å². The number of fused-ring (bicyclic) bond motifs is 1. The average molecular weight is 393 g/mol. The van der Waals surface area contributed by atoms with Gasteiger partial charge in [-0.3, -0.25) is 4.79 Å². The molecule has 0 fully saturated rings. The highest BCUT2D eigenvalue weighted by molar-refractivity contribution is 7.15. The van der Waals surface area contributed by atoms with Gasteiger partial charge in [0.05, 0.1) is 30.7 Å². The molecule has 0 N–H and O–H groups in total. The first-order valence-electron chi connectivity index (χ1n) is 8.42. The summed E-state index contributed by atoms with van der Waals surface area (Å²) in [5.74, 6) is -0.233. The second-order valence-corrected chi connectivity index (χ2v) is 7.79. The van der Waals surface area contributed by atoms with E-state index >= 15 is 0 Å². The summed E-state index contributed by atoms with van der Waals surface area (Å²) in [6.07, 6.45) is 0.298. The highest BCUT2D eigenvalue weighted by Gasteiger charge is 2.23. The fourth-order valence-corrected chi connectivity index (χ4v) is 4.83. The van der Waals surface area contributed by atoms with Crippen LogP contribution in [0.15, 0.2) is 53.2 Å². The van der Waals surface area contributed by atoms with E-state index < -0.39 is 0 Å². The third kappa shape index (κ3) is 3.05. The van der Waals surface area contributed by atoms with Crippen LogP contribution in [0, 0.1) is 6.57 Å². The number of aromatic nitrogens is 1. The highest BCUT2D eigenvalue weighted by Crippen LogP contribution is 2.47. The molecule has 3 aromatic heterocycles. The highest BCUT2D eigenvalue weighted by atomic mass is 32.1. The molecular weight excluding hydrogens is 376 g/mol. The normalized spacial score (nSPS) is 10.8. The lowest BCUT2D eigenvalue weighted by Crippen LogP contribution is -2.07. The topological polar surface area (TPSA) is 35.6 Å². The number of thiophene rings is 2. The van der Waals surface area contributed by atoms with E-state index in [0.29, 0.717) is 18.0 Å². The summed E-state index contributed by atoms with van der Waals surface area (Å²) in [5, 5.41) is 5.78. The number of methoxy groups -OCH3 is 1. The molecule has 0 aliphatic rings.